The Hall–Kier alpha value is -1.30. The number of rotatable bonds is 5. The highest BCUT2D eigenvalue weighted by Crippen LogP contribution is 2.30. The number of aromatic nitrogens is 1. The van der Waals surface area contributed by atoms with Crippen molar-refractivity contribution < 1.29 is 4.79 Å². The summed E-state index contributed by atoms with van der Waals surface area (Å²) in [6.45, 7) is 3.80. The highest BCUT2D eigenvalue weighted by molar-refractivity contribution is 7.13. The summed E-state index contributed by atoms with van der Waals surface area (Å²) in [6.07, 6.45) is 0.610. The van der Waals surface area contributed by atoms with Gasteiger partial charge in [0.25, 0.3) is 0 Å². The van der Waals surface area contributed by atoms with Gasteiger partial charge in [-0.3, -0.25) is 4.79 Å². The zero-order valence-electron chi connectivity index (χ0n) is 11.6. The van der Waals surface area contributed by atoms with Crippen molar-refractivity contribution in [1.29, 1.82) is 0 Å². The molecule has 0 aliphatic carbocycles. The fourth-order valence-electron chi connectivity index (χ4n) is 1.76. The molecule has 2 N–H and O–H groups in total. The summed E-state index contributed by atoms with van der Waals surface area (Å²) >= 11 is 13.5. The second kappa shape index (κ2) is 7.11. The SMILES string of the molecule is CC[C@@H](Nc1cccc(Cl)c1Cl)C(=O)Nc1nc(C)cs1. The monoisotopic (exact) mass is 343 g/mol. The van der Waals surface area contributed by atoms with E-state index in [0.717, 1.165) is 5.69 Å². The number of hydrogen-bond acceptors (Lipinski definition) is 4. The number of anilines is 2. The summed E-state index contributed by atoms with van der Waals surface area (Å²) in [6, 6.07) is 4.86. The molecule has 0 aliphatic rings. The minimum atomic E-state index is -0.412. The Bertz CT molecular complexity index is 645. The third-order valence-electron chi connectivity index (χ3n) is 2.86. The van der Waals surface area contributed by atoms with Gasteiger partial charge in [0, 0.05) is 5.38 Å². The van der Waals surface area contributed by atoms with E-state index >= 15 is 0 Å². The van der Waals surface area contributed by atoms with Gasteiger partial charge < -0.3 is 10.6 Å². The van der Waals surface area contributed by atoms with Crippen molar-refractivity contribution in [2.45, 2.75) is 26.3 Å². The van der Waals surface area contributed by atoms with Gasteiger partial charge in [-0.2, -0.15) is 0 Å². The number of amides is 1. The van der Waals surface area contributed by atoms with Crippen molar-refractivity contribution in [3.05, 3.63) is 39.3 Å². The van der Waals surface area contributed by atoms with Crippen molar-refractivity contribution in [2.75, 3.05) is 10.6 Å². The van der Waals surface area contributed by atoms with Crippen LogP contribution in [0.2, 0.25) is 10.0 Å². The van der Waals surface area contributed by atoms with E-state index in [-0.39, 0.29) is 5.91 Å². The molecule has 2 rings (SSSR count). The van der Waals surface area contributed by atoms with Crippen molar-refractivity contribution in [1.82, 2.24) is 4.98 Å². The average Bonchev–Trinajstić information content (AvgIpc) is 2.85. The zero-order valence-corrected chi connectivity index (χ0v) is 13.9. The first-order valence-electron chi connectivity index (χ1n) is 6.44. The molecule has 7 heteroatoms. The normalized spacial score (nSPS) is 12.0. The van der Waals surface area contributed by atoms with Gasteiger partial charge in [-0.1, -0.05) is 36.2 Å². The van der Waals surface area contributed by atoms with E-state index in [2.05, 4.69) is 15.6 Å². The summed E-state index contributed by atoms with van der Waals surface area (Å²) in [4.78, 5) is 16.5. The van der Waals surface area contributed by atoms with Crippen LogP contribution in [0.5, 0.6) is 0 Å². The van der Waals surface area contributed by atoms with Gasteiger partial charge in [0.05, 0.1) is 21.4 Å². The fraction of sp³-hybridized carbons (Fsp3) is 0.286. The van der Waals surface area contributed by atoms with Gasteiger partial charge >= 0.3 is 0 Å². The van der Waals surface area contributed by atoms with Crippen molar-refractivity contribution >= 4 is 51.3 Å². The highest BCUT2D eigenvalue weighted by Gasteiger charge is 2.19. The topological polar surface area (TPSA) is 54.0 Å². The smallest absolute Gasteiger partial charge is 0.248 e. The van der Waals surface area contributed by atoms with Crippen molar-refractivity contribution in [3.63, 3.8) is 0 Å². The largest absolute Gasteiger partial charge is 0.372 e. The Morgan fingerprint density at radius 1 is 1.43 bits per heavy atom. The highest BCUT2D eigenvalue weighted by atomic mass is 35.5. The molecule has 0 saturated heterocycles. The summed E-state index contributed by atoms with van der Waals surface area (Å²) in [7, 11) is 0. The van der Waals surface area contributed by atoms with E-state index in [9.17, 15) is 4.79 Å². The molecule has 1 atom stereocenters. The van der Waals surface area contributed by atoms with Gasteiger partial charge in [-0.25, -0.2) is 4.98 Å². The molecular formula is C14H15Cl2N3OS. The van der Waals surface area contributed by atoms with Gasteiger partial charge in [-0.05, 0) is 25.5 Å². The maximum absolute atomic E-state index is 12.3. The molecule has 4 nitrogen and oxygen atoms in total. The Morgan fingerprint density at radius 2 is 2.19 bits per heavy atom. The third kappa shape index (κ3) is 4.09. The second-order valence-corrected chi connectivity index (χ2v) is 6.13. The summed E-state index contributed by atoms with van der Waals surface area (Å²) in [5, 5.41) is 9.25. The van der Waals surface area contributed by atoms with Crippen LogP contribution in [-0.4, -0.2) is 16.9 Å². The number of aryl methyl sites for hydroxylation is 1. The number of hydrogen-bond donors (Lipinski definition) is 2. The Morgan fingerprint density at radius 3 is 2.81 bits per heavy atom. The predicted molar refractivity (Wildman–Crippen MR) is 89.6 cm³/mol. The van der Waals surface area contributed by atoms with Crippen LogP contribution in [0.4, 0.5) is 10.8 Å². The summed E-state index contributed by atoms with van der Waals surface area (Å²) in [5.74, 6) is -0.150. The number of nitrogens with one attached hydrogen (secondary N) is 2. The Kier molecular flexibility index (Phi) is 5.45. The Balaban J connectivity index is 2.08. The van der Waals surface area contributed by atoms with E-state index in [1.165, 1.54) is 11.3 Å². The minimum absolute atomic E-state index is 0.150. The lowest BCUT2D eigenvalue weighted by molar-refractivity contribution is -0.116. The molecule has 112 valence electrons. The molecule has 0 bridgehead atoms. The number of carbonyl (C=O) groups excluding carboxylic acids is 1. The molecule has 0 saturated carbocycles. The fourth-order valence-corrected chi connectivity index (χ4v) is 2.81. The molecule has 0 unspecified atom stereocenters. The number of halogens is 2. The van der Waals surface area contributed by atoms with E-state index in [1.54, 1.807) is 18.2 Å². The molecule has 1 aromatic carbocycles. The van der Waals surface area contributed by atoms with Crippen molar-refractivity contribution in [2.24, 2.45) is 0 Å². The first kappa shape index (κ1) is 16.1. The molecule has 0 radical (unpaired) electrons. The quantitative estimate of drug-likeness (QED) is 0.834. The maximum Gasteiger partial charge on any atom is 0.248 e. The lowest BCUT2D eigenvalue weighted by Gasteiger charge is -2.18. The van der Waals surface area contributed by atoms with E-state index in [0.29, 0.717) is 27.3 Å². The zero-order chi connectivity index (χ0) is 15.4. The van der Waals surface area contributed by atoms with Crippen LogP contribution in [-0.2, 0) is 4.79 Å². The van der Waals surface area contributed by atoms with Gasteiger partial charge in [-0.15, -0.1) is 11.3 Å². The molecule has 1 aromatic heterocycles. The molecule has 1 heterocycles. The number of carbonyl (C=O) groups is 1. The molecular weight excluding hydrogens is 329 g/mol. The van der Waals surface area contributed by atoms with Crippen molar-refractivity contribution in [3.8, 4) is 0 Å². The number of benzene rings is 1. The first-order chi connectivity index (χ1) is 10.0. The van der Waals surface area contributed by atoms with Crippen LogP contribution in [0.15, 0.2) is 23.6 Å². The minimum Gasteiger partial charge on any atom is -0.372 e. The van der Waals surface area contributed by atoms with Crippen LogP contribution in [0.25, 0.3) is 0 Å². The summed E-state index contributed by atoms with van der Waals surface area (Å²) < 4.78 is 0. The molecule has 0 spiro atoms. The van der Waals surface area contributed by atoms with E-state index < -0.39 is 6.04 Å². The van der Waals surface area contributed by atoms with Crippen LogP contribution in [0, 0.1) is 6.92 Å². The van der Waals surface area contributed by atoms with Crippen LogP contribution in [0.1, 0.15) is 19.0 Å². The average molecular weight is 344 g/mol. The molecule has 1 amide bonds. The maximum atomic E-state index is 12.3. The number of thiazole rings is 1. The van der Waals surface area contributed by atoms with Gasteiger partial charge in [0.2, 0.25) is 5.91 Å². The van der Waals surface area contributed by atoms with Crippen LogP contribution >= 0.6 is 34.5 Å². The first-order valence-corrected chi connectivity index (χ1v) is 8.08. The summed E-state index contributed by atoms with van der Waals surface area (Å²) in [5.41, 5.74) is 1.52. The van der Waals surface area contributed by atoms with E-state index in [1.807, 2.05) is 19.2 Å². The molecule has 21 heavy (non-hydrogen) atoms. The lowest BCUT2D eigenvalue weighted by atomic mass is 10.2. The van der Waals surface area contributed by atoms with E-state index in [4.69, 9.17) is 23.2 Å². The standard InChI is InChI=1S/C14H15Cl2N3OS/c1-3-10(13(20)19-14-17-8(2)7-21-14)18-11-6-4-5-9(15)12(11)16/h4-7,10,18H,3H2,1-2H3,(H,17,19,20)/t10-/m1/s1. The van der Waals surface area contributed by atoms with Crippen LogP contribution in [0.3, 0.4) is 0 Å². The van der Waals surface area contributed by atoms with Gasteiger partial charge in [0.1, 0.15) is 6.04 Å². The molecule has 0 aliphatic heterocycles. The second-order valence-electron chi connectivity index (χ2n) is 4.49. The molecule has 0 fully saturated rings. The third-order valence-corrected chi connectivity index (χ3v) is 4.55. The molecule has 2 aromatic rings. The lowest BCUT2D eigenvalue weighted by Crippen LogP contribution is -2.34. The van der Waals surface area contributed by atoms with Gasteiger partial charge in [0.15, 0.2) is 5.13 Å². The Labute approximate surface area is 137 Å². The predicted octanol–water partition coefficient (Wildman–Crippen LogP) is 4.59. The van der Waals surface area contributed by atoms with Crippen LogP contribution < -0.4 is 10.6 Å². The number of nitrogens with zero attached hydrogens (tertiary/aromatic N) is 1.